The minimum Gasteiger partial charge on any atom is -0.485 e. The molecule has 0 bridgehead atoms. The van der Waals surface area contributed by atoms with Crippen LogP contribution >= 0.6 is 55.8 Å². The van der Waals surface area contributed by atoms with Crippen molar-refractivity contribution in [2.24, 2.45) is 4.99 Å². The van der Waals surface area contributed by atoms with E-state index in [0.717, 1.165) is 8.95 Å². The highest BCUT2D eigenvalue weighted by Gasteiger charge is 2.55. The number of benzene rings is 4. The van der Waals surface area contributed by atoms with Gasteiger partial charge in [-0.15, -0.1) is 0 Å². The molecule has 4 aromatic rings. The van der Waals surface area contributed by atoms with Crippen molar-refractivity contribution in [2.45, 2.75) is 36.1 Å². The summed E-state index contributed by atoms with van der Waals surface area (Å²) in [5.74, 6) is 0.00760. The van der Waals surface area contributed by atoms with Crippen LogP contribution in [0.5, 0.6) is 11.5 Å². The zero-order valence-corrected chi connectivity index (χ0v) is 31.3. The average Bonchev–Trinajstić information content (AvgIpc) is 3.52. The first-order chi connectivity index (χ1) is 24.0. The summed E-state index contributed by atoms with van der Waals surface area (Å²) in [6, 6.07) is 23.9. The summed E-state index contributed by atoms with van der Waals surface area (Å²) in [6.45, 7) is 0. The number of hydrogen-bond donors (Lipinski definition) is 2. The number of carbonyl (C=O) groups is 2. The number of carbonyl (C=O) groups excluding carboxylic acids is 2. The van der Waals surface area contributed by atoms with Gasteiger partial charge in [0.05, 0.1) is 0 Å². The lowest BCUT2D eigenvalue weighted by Crippen LogP contribution is -2.48. The topological polar surface area (TPSA) is 92.3 Å². The van der Waals surface area contributed by atoms with Gasteiger partial charge in [0, 0.05) is 51.1 Å². The molecule has 0 aliphatic carbocycles. The van der Waals surface area contributed by atoms with E-state index in [0.29, 0.717) is 38.9 Å². The van der Waals surface area contributed by atoms with Crippen LogP contribution in [-0.4, -0.2) is 40.3 Å². The molecular weight excluding hydrogens is 814 g/mol. The summed E-state index contributed by atoms with van der Waals surface area (Å²) < 4.78 is 42.4. The van der Waals surface area contributed by atoms with Gasteiger partial charge in [0.2, 0.25) is 0 Å². The van der Waals surface area contributed by atoms with Crippen LogP contribution in [-0.2, 0) is 20.7 Å². The zero-order chi connectivity index (χ0) is 35.4. The number of aliphatic imine (C=N–C) groups is 1. The van der Waals surface area contributed by atoms with Crippen molar-refractivity contribution in [3.05, 3.63) is 128 Å². The Labute approximate surface area is 313 Å². The Morgan fingerprint density at radius 3 is 1.92 bits per heavy atom. The number of likely N-dealkylation sites (N-methyl/N-ethyl adjacent to an activating group) is 1. The maximum Gasteiger partial charge on any atom is 0.261 e. The minimum atomic E-state index is -1.10. The summed E-state index contributed by atoms with van der Waals surface area (Å²) in [5, 5.41) is 6.62. The Hall–Kier alpha value is -3.85. The lowest BCUT2D eigenvalue weighted by Gasteiger charge is -2.38. The molecule has 256 valence electrons. The molecule has 1 saturated heterocycles. The first kappa shape index (κ1) is 34.6. The van der Waals surface area contributed by atoms with Gasteiger partial charge in [-0.1, -0.05) is 80.0 Å². The van der Waals surface area contributed by atoms with E-state index in [1.54, 1.807) is 60.5 Å². The van der Waals surface area contributed by atoms with Crippen molar-refractivity contribution in [1.82, 2.24) is 15.5 Å². The smallest absolute Gasteiger partial charge is 0.261 e. The van der Waals surface area contributed by atoms with Gasteiger partial charge in [-0.3, -0.25) is 14.5 Å². The summed E-state index contributed by atoms with van der Waals surface area (Å²) in [5.41, 5.74) is 0.0717. The van der Waals surface area contributed by atoms with Gasteiger partial charge >= 0.3 is 0 Å². The second-order valence-corrected chi connectivity index (χ2v) is 15.1. The van der Waals surface area contributed by atoms with Gasteiger partial charge in [0.15, 0.2) is 21.4 Å². The maximum absolute atomic E-state index is 14.4. The number of nitrogens with zero attached hydrogens (tertiary/aromatic N) is 2. The van der Waals surface area contributed by atoms with Gasteiger partial charge < -0.3 is 20.1 Å². The SMILES string of the molecule is CSC1=NC2(CC(c3ccccc3F)Oc3ccc(Br)cc32)C(=O)N1C.O=C1NC(=S)NC12CC(c1ccccc1F)Oc1ccc(Br)cc12. The highest BCUT2D eigenvalue weighted by atomic mass is 79.9. The van der Waals surface area contributed by atoms with E-state index in [1.807, 2.05) is 30.5 Å². The van der Waals surface area contributed by atoms with Crippen LogP contribution in [0.2, 0.25) is 0 Å². The van der Waals surface area contributed by atoms with Gasteiger partial charge in [-0.25, -0.2) is 13.8 Å². The molecule has 14 heteroatoms. The largest absolute Gasteiger partial charge is 0.485 e. The normalized spacial score (nSPS) is 24.7. The fraction of sp³-hybridized carbons (Fsp3) is 0.222. The van der Waals surface area contributed by atoms with E-state index in [-0.39, 0.29) is 41.4 Å². The fourth-order valence-electron chi connectivity index (χ4n) is 6.81. The van der Waals surface area contributed by atoms with Crippen LogP contribution in [0.4, 0.5) is 8.78 Å². The number of thioether (sulfide) groups is 1. The van der Waals surface area contributed by atoms with E-state index in [1.165, 1.54) is 23.9 Å². The summed E-state index contributed by atoms with van der Waals surface area (Å²) in [4.78, 5) is 32.2. The fourth-order valence-corrected chi connectivity index (χ4v) is 8.40. The zero-order valence-electron chi connectivity index (χ0n) is 26.5. The van der Waals surface area contributed by atoms with Crippen LogP contribution < -0.4 is 20.1 Å². The molecule has 2 N–H and O–H groups in total. The number of hydrogen-bond acceptors (Lipinski definition) is 7. The predicted octanol–water partition coefficient (Wildman–Crippen LogP) is 7.81. The lowest BCUT2D eigenvalue weighted by molar-refractivity contribution is -0.132. The Kier molecular flexibility index (Phi) is 9.25. The number of nitrogens with one attached hydrogen (secondary N) is 2. The Morgan fingerprint density at radius 1 is 0.860 bits per heavy atom. The molecule has 4 aromatic carbocycles. The third kappa shape index (κ3) is 5.89. The van der Waals surface area contributed by atoms with E-state index in [9.17, 15) is 18.4 Å². The third-order valence-electron chi connectivity index (χ3n) is 9.16. The summed E-state index contributed by atoms with van der Waals surface area (Å²) in [6.07, 6.45) is 1.19. The van der Waals surface area contributed by atoms with Crippen LogP contribution in [0.1, 0.15) is 47.3 Å². The van der Waals surface area contributed by atoms with Crippen LogP contribution in [0.3, 0.4) is 0 Å². The molecule has 4 aliphatic rings. The standard InChI is InChI=1S/C19H16BrFN2O2S.C17H12BrFN2O2S/c1-23-17(24)19(22-18(23)26-2)10-16(12-5-3-4-6-14(12)21)25-15-8-7-11(20)9-13(15)19;18-9-5-6-13-11(7-9)17(15(22)20-16(24)21-17)8-14(23-13)10-3-1-2-4-12(10)19/h3-9,16H,10H2,1-2H3;1-7,14H,8H2,(H2,20,21,22,24). The first-order valence-corrected chi connectivity index (χ1v) is 18.7. The minimum absolute atomic E-state index is 0.120. The van der Waals surface area contributed by atoms with Crippen LogP contribution in [0.25, 0.3) is 0 Å². The second-order valence-electron chi connectivity index (χ2n) is 12.1. The molecule has 0 radical (unpaired) electrons. The van der Waals surface area contributed by atoms with Crippen LogP contribution in [0.15, 0.2) is 98.9 Å². The quantitative estimate of drug-likeness (QED) is 0.199. The van der Waals surface area contributed by atoms with Crippen molar-refractivity contribution in [3.63, 3.8) is 0 Å². The number of halogens is 4. The molecule has 0 aromatic heterocycles. The first-order valence-electron chi connectivity index (χ1n) is 15.4. The number of thiocarbonyl (C=S) groups is 1. The monoisotopic (exact) mass is 840 g/mol. The summed E-state index contributed by atoms with van der Waals surface area (Å²) >= 11 is 13.4. The predicted molar refractivity (Wildman–Crippen MR) is 198 cm³/mol. The average molecular weight is 843 g/mol. The van der Waals surface area contributed by atoms with Gasteiger partial charge in [0.1, 0.15) is 35.3 Å². The van der Waals surface area contributed by atoms with Crippen molar-refractivity contribution >= 4 is 77.9 Å². The van der Waals surface area contributed by atoms with E-state index >= 15 is 0 Å². The van der Waals surface area contributed by atoms with Gasteiger partial charge in [-0.2, -0.15) is 0 Å². The number of fused-ring (bicyclic) bond motifs is 4. The second kappa shape index (κ2) is 13.4. The van der Waals surface area contributed by atoms with Crippen molar-refractivity contribution < 1.29 is 27.8 Å². The number of rotatable bonds is 2. The van der Waals surface area contributed by atoms with Gasteiger partial charge in [0.25, 0.3) is 11.8 Å². The molecular formula is C36H28Br2F2N4O4S2. The molecule has 8 rings (SSSR count). The number of amides is 2. The molecule has 1 fully saturated rings. The molecule has 2 amide bonds. The van der Waals surface area contributed by atoms with Crippen molar-refractivity contribution in [2.75, 3.05) is 13.3 Å². The van der Waals surface area contributed by atoms with Crippen molar-refractivity contribution in [3.8, 4) is 11.5 Å². The molecule has 8 nitrogen and oxygen atoms in total. The molecule has 4 heterocycles. The molecule has 4 atom stereocenters. The summed E-state index contributed by atoms with van der Waals surface area (Å²) in [7, 11) is 1.72. The van der Waals surface area contributed by atoms with E-state index in [4.69, 9.17) is 26.7 Å². The van der Waals surface area contributed by atoms with Crippen molar-refractivity contribution in [1.29, 1.82) is 0 Å². The van der Waals surface area contributed by atoms with E-state index < -0.39 is 23.3 Å². The molecule has 2 spiro atoms. The highest BCUT2D eigenvalue weighted by Crippen LogP contribution is 2.51. The highest BCUT2D eigenvalue weighted by molar-refractivity contribution is 9.10. The van der Waals surface area contributed by atoms with Gasteiger partial charge in [-0.05, 0) is 67.0 Å². The Balaban J connectivity index is 0.000000157. The Bertz CT molecular complexity index is 2100. The maximum atomic E-state index is 14.4. The van der Waals surface area contributed by atoms with E-state index in [2.05, 4.69) is 42.5 Å². The molecule has 4 aliphatic heterocycles. The Morgan fingerprint density at radius 2 is 1.40 bits per heavy atom. The third-order valence-corrected chi connectivity index (χ3v) is 11.1. The van der Waals surface area contributed by atoms with Crippen LogP contribution in [0, 0.1) is 11.6 Å². The number of ether oxygens (including phenoxy) is 2. The molecule has 4 unspecified atom stereocenters. The lowest BCUT2D eigenvalue weighted by atomic mass is 9.80. The molecule has 0 saturated carbocycles. The number of amidine groups is 1. The molecule has 50 heavy (non-hydrogen) atoms.